The van der Waals surface area contributed by atoms with Crippen LogP contribution < -0.4 is 24.4 Å². The number of carbonyl (C=O) groups is 1. The van der Waals surface area contributed by atoms with Gasteiger partial charge in [-0.1, -0.05) is 0 Å². The number of ether oxygens (including phenoxy) is 4. The Bertz CT molecular complexity index is 827. The van der Waals surface area contributed by atoms with E-state index in [2.05, 4.69) is 15.3 Å². The molecule has 0 spiro atoms. The van der Waals surface area contributed by atoms with Gasteiger partial charge in [-0.15, -0.1) is 0 Å². The number of hydrogen-bond acceptors (Lipinski definition) is 6. The van der Waals surface area contributed by atoms with E-state index >= 15 is 0 Å². The van der Waals surface area contributed by atoms with E-state index in [-0.39, 0.29) is 11.5 Å². The molecule has 0 unspecified atom stereocenters. The molecule has 0 bridgehead atoms. The summed E-state index contributed by atoms with van der Waals surface area (Å²) in [5, 5.41) is 3.84. The number of hydrogen-bond donors (Lipinski definition) is 1. The molecule has 1 N–H and O–H groups in total. The first-order chi connectivity index (χ1) is 13.0. The maximum atomic E-state index is 12.3. The molecule has 2 aromatic rings. The highest BCUT2D eigenvalue weighted by Crippen LogP contribution is 2.29. The van der Waals surface area contributed by atoms with Crippen LogP contribution in [0.5, 0.6) is 23.0 Å². The van der Waals surface area contributed by atoms with Crippen molar-refractivity contribution >= 4 is 12.1 Å². The average Bonchev–Trinajstić information content (AvgIpc) is 2.67. The van der Waals surface area contributed by atoms with E-state index in [1.807, 2.05) is 0 Å². The third-order valence-electron chi connectivity index (χ3n) is 3.43. The molecule has 2 aromatic carbocycles. The summed E-state index contributed by atoms with van der Waals surface area (Å²) in [6.45, 7) is -2.96. The topological polar surface area (TPSA) is 78.4 Å². The number of amides is 1. The third kappa shape index (κ3) is 5.30. The Morgan fingerprint density at radius 3 is 2.22 bits per heavy atom. The predicted octanol–water partition coefficient (Wildman–Crippen LogP) is 3.08. The van der Waals surface area contributed by atoms with Gasteiger partial charge >= 0.3 is 6.61 Å². The minimum atomic E-state index is -2.96. The average molecular weight is 380 g/mol. The number of nitrogens with one attached hydrogen (secondary N) is 1. The SMILES string of the molecule is COc1ccc(C(=O)N/N=C/c2ccc(OC(F)F)c(OC)c2)cc1OC. The quantitative estimate of drug-likeness (QED) is 0.563. The first kappa shape index (κ1) is 20.0. The van der Waals surface area contributed by atoms with E-state index in [0.717, 1.165) is 0 Å². The van der Waals surface area contributed by atoms with Gasteiger partial charge in [0.15, 0.2) is 23.0 Å². The van der Waals surface area contributed by atoms with Gasteiger partial charge in [0.1, 0.15) is 0 Å². The molecule has 0 heterocycles. The zero-order valence-electron chi connectivity index (χ0n) is 14.9. The van der Waals surface area contributed by atoms with Crippen molar-refractivity contribution in [3.8, 4) is 23.0 Å². The molecule has 0 aliphatic carbocycles. The first-order valence-corrected chi connectivity index (χ1v) is 7.66. The van der Waals surface area contributed by atoms with Crippen molar-refractivity contribution in [2.75, 3.05) is 21.3 Å². The van der Waals surface area contributed by atoms with Crippen LogP contribution in [0.3, 0.4) is 0 Å². The Morgan fingerprint density at radius 1 is 0.963 bits per heavy atom. The molecule has 0 atom stereocenters. The molecule has 0 saturated carbocycles. The van der Waals surface area contributed by atoms with Gasteiger partial charge < -0.3 is 18.9 Å². The number of alkyl halides is 2. The number of hydrazone groups is 1. The number of nitrogens with zero attached hydrogens (tertiary/aromatic N) is 1. The van der Waals surface area contributed by atoms with E-state index in [9.17, 15) is 13.6 Å². The second kappa shape index (κ2) is 9.37. The van der Waals surface area contributed by atoms with Gasteiger partial charge in [0, 0.05) is 5.56 Å². The van der Waals surface area contributed by atoms with Crippen molar-refractivity contribution in [3.05, 3.63) is 47.5 Å². The van der Waals surface area contributed by atoms with Gasteiger partial charge in [-0.25, -0.2) is 5.43 Å². The van der Waals surface area contributed by atoms with Crippen LogP contribution >= 0.6 is 0 Å². The number of rotatable bonds is 8. The Hall–Kier alpha value is -3.36. The molecular formula is C18H18F2N2O5. The molecule has 0 radical (unpaired) electrons. The molecule has 2 rings (SSSR count). The fourth-order valence-corrected chi connectivity index (χ4v) is 2.17. The second-order valence-electron chi connectivity index (χ2n) is 5.06. The number of halogens is 2. The normalized spacial score (nSPS) is 10.7. The smallest absolute Gasteiger partial charge is 0.387 e. The lowest BCUT2D eigenvalue weighted by Crippen LogP contribution is -2.17. The van der Waals surface area contributed by atoms with Gasteiger partial charge in [-0.3, -0.25) is 4.79 Å². The molecule has 0 fully saturated rings. The van der Waals surface area contributed by atoms with Crippen LogP contribution in [0.25, 0.3) is 0 Å². The number of carbonyl (C=O) groups excluding carboxylic acids is 1. The summed E-state index contributed by atoms with van der Waals surface area (Å²) < 4.78 is 44.2. The van der Waals surface area contributed by atoms with Crippen LogP contribution in [0, 0.1) is 0 Å². The van der Waals surface area contributed by atoms with Crippen molar-refractivity contribution < 1.29 is 32.5 Å². The largest absolute Gasteiger partial charge is 0.493 e. The zero-order chi connectivity index (χ0) is 19.8. The minimum Gasteiger partial charge on any atom is -0.493 e. The highest BCUT2D eigenvalue weighted by molar-refractivity contribution is 5.95. The molecule has 7 nitrogen and oxygen atoms in total. The lowest BCUT2D eigenvalue weighted by molar-refractivity contribution is -0.0512. The van der Waals surface area contributed by atoms with Crippen LogP contribution in [0.2, 0.25) is 0 Å². The number of methoxy groups -OCH3 is 3. The summed E-state index contributed by atoms with van der Waals surface area (Å²) in [6, 6.07) is 8.94. The van der Waals surface area contributed by atoms with Crippen LogP contribution in [0.4, 0.5) is 8.78 Å². The summed E-state index contributed by atoms with van der Waals surface area (Å²) in [7, 11) is 4.29. The fourth-order valence-electron chi connectivity index (χ4n) is 2.17. The molecular weight excluding hydrogens is 362 g/mol. The van der Waals surface area contributed by atoms with E-state index in [1.54, 1.807) is 12.1 Å². The Labute approximate surface area is 154 Å². The van der Waals surface area contributed by atoms with Crippen LogP contribution in [0.1, 0.15) is 15.9 Å². The maximum absolute atomic E-state index is 12.3. The summed E-state index contributed by atoms with van der Waals surface area (Å²) >= 11 is 0. The van der Waals surface area contributed by atoms with Gasteiger partial charge in [-0.05, 0) is 42.0 Å². The summed E-state index contributed by atoms with van der Waals surface area (Å²) in [4.78, 5) is 12.2. The lowest BCUT2D eigenvalue weighted by Gasteiger charge is -2.10. The minimum absolute atomic E-state index is 0.0981. The molecule has 0 aliphatic rings. The van der Waals surface area contributed by atoms with Crippen molar-refractivity contribution in [3.63, 3.8) is 0 Å². The van der Waals surface area contributed by atoms with E-state index in [0.29, 0.717) is 22.6 Å². The van der Waals surface area contributed by atoms with Crippen LogP contribution in [0.15, 0.2) is 41.5 Å². The monoisotopic (exact) mass is 380 g/mol. The Morgan fingerprint density at radius 2 is 1.59 bits per heavy atom. The summed E-state index contributed by atoms with van der Waals surface area (Å²) in [6.07, 6.45) is 1.34. The highest BCUT2D eigenvalue weighted by atomic mass is 19.3. The summed E-state index contributed by atoms with van der Waals surface area (Å²) in [5.41, 5.74) is 3.20. The van der Waals surface area contributed by atoms with Crippen LogP contribution in [-0.2, 0) is 0 Å². The van der Waals surface area contributed by atoms with E-state index in [1.165, 1.54) is 51.8 Å². The zero-order valence-corrected chi connectivity index (χ0v) is 14.9. The first-order valence-electron chi connectivity index (χ1n) is 7.66. The van der Waals surface area contributed by atoms with Gasteiger partial charge in [0.25, 0.3) is 5.91 Å². The molecule has 1 amide bonds. The Balaban J connectivity index is 2.07. The van der Waals surface area contributed by atoms with E-state index in [4.69, 9.17) is 14.2 Å². The third-order valence-corrected chi connectivity index (χ3v) is 3.43. The van der Waals surface area contributed by atoms with Gasteiger partial charge in [0.2, 0.25) is 0 Å². The molecule has 27 heavy (non-hydrogen) atoms. The molecule has 0 saturated heterocycles. The van der Waals surface area contributed by atoms with Crippen molar-refractivity contribution in [2.24, 2.45) is 5.10 Å². The van der Waals surface area contributed by atoms with E-state index < -0.39 is 12.5 Å². The summed E-state index contributed by atoms with van der Waals surface area (Å²) in [5.74, 6) is 0.463. The fraction of sp³-hybridized carbons (Fsp3) is 0.222. The van der Waals surface area contributed by atoms with Crippen LogP contribution in [-0.4, -0.2) is 40.1 Å². The second-order valence-corrected chi connectivity index (χ2v) is 5.06. The molecule has 144 valence electrons. The standard InChI is InChI=1S/C18H18F2N2O5/c1-24-13-7-5-12(9-16(13)26-3)17(23)22-21-10-11-4-6-14(27-18(19)20)15(8-11)25-2/h4-10,18H,1-3H3,(H,22,23)/b21-10+. The Kier molecular flexibility index (Phi) is 6.93. The molecule has 0 aromatic heterocycles. The van der Waals surface area contributed by atoms with Gasteiger partial charge in [-0.2, -0.15) is 13.9 Å². The molecule has 0 aliphatic heterocycles. The predicted molar refractivity (Wildman–Crippen MR) is 94.2 cm³/mol. The van der Waals surface area contributed by atoms with Crippen molar-refractivity contribution in [2.45, 2.75) is 6.61 Å². The highest BCUT2D eigenvalue weighted by Gasteiger charge is 2.11. The maximum Gasteiger partial charge on any atom is 0.387 e. The molecule has 9 heteroatoms. The van der Waals surface area contributed by atoms with Crippen molar-refractivity contribution in [1.29, 1.82) is 0 Å². The lowest BCUT2D eigenvalue weighted by atomic mass is 10.2. The van der Waals surface area contributed by atoms with Crippen molar-refractivity contribution in [1.82, 2.24) is 5.43 Å². The number of benzene rings is 2. The van der Waals surface area contributed by atoms with Gasteiger partial charge in [0.05, 0.1) is 27.5 Å².